The van der Waals surface area contributed by atoms with Gasteiger partial charge in [0.15, 0.2) is 0 Å². The van der Waals surface area contributed by atoms with E-state index >= 15 is 0 Å². The molecule has 1 aromatic carbocycles. The molecule has 0 aromatic heterocycles. The molecule has 1 atom stereocenters. The minimum atomic E-state index is -0.206. The van der Waals surface area contributed by atoms with Gasteiger partial charge in [-0.05, 0) is 50.5 Å². The highest BCUT2D eigenvalue weighted by atomic mass is 19.1. The van der Waals surface area contributed by atoms with E-state index < -0.39 is 0 Å². The molecule has 0 radical (unpaired) electrons. The second-order valence-corrected chi connectivity index (χ2v) is 4.51. The first kappa shape index (κ1) is 11.4. The monoisotopic (exact) mass is 222 g/mol. The molecule has 0 bridgehead atoms. The van der Waals surface area contributed by atoms with Crippen LogP contribution in [0.2, 0.25) is 0 Å². The Hall–Kier alpha value is -1.09. The third kappa shape index (κ3) is 2.19. The predicted molar refractivity (Wildman–Crippen MR) is 65.0 cm³/mol. The van der Waals surface area contributed by atoms with Gasteiger partial charge < -0.3 is 10.6 Å². The van der Waals surface area contributed by atoms with E-state index in [0.717, 1.165) is 17.8 Å². The molecule has 1 saturated carbocycles. The van der Waals surface area contributed by atoms with Gasteiger partial charge in [-0.2, -0.15) is 0 Å². The summed E-state index contributed by atoms with van der Waals surface area (Å²) in [5, 5.41) is 0. The first-order chi connectivity index (χ1) is 7.63. The van der Waals surface area contributed by atoms with Crippen molar-refractivity contribution < 1.29 is 4.39 Å². The zero-order chi connectivity index (χ0) is 11.7. The number of benzene rings is 1. The van der Waals surface area contributed by atoms with Crippen molar-refractivity contribution in [3.8, 4) is 0 Å². The Bertz CT molecular complexity index is 372. The minimum Gasteiger partial charge on any atom is -0.369 e. The summed E-state index contributed by atoms with van der Waals surface area (Å²) < 4.78 is 13.2. The lowest BCUT2D eigenvalue weighted by molar-refractivity contribution is 0.621. The van der Waals surface area contributed by atoms with Gasteiger partial charge in [0.05, 0.1) is 0 Å². The molecule has 2 nitrogen and oxygen atoms in total. The molecular weight excluding hydrogens is 203 g/mol. The summed E-state index contributed by atoms with van der Waals surface area (Å²) in [5.74, 6) is -0.206. The van der Waals surface area contributed by atoms with Crippen LogP contribution in [0.25, 0.3) is 0 Å². The van der Waals surface area contributed by atoms with Crippen LogP contribution in [0.15, 0.2) is 18.2 Å². The largest absolute Gasteiger partial charge is 0.369 e. The second-order valence-electron chi connectivity index (χ2n) is 4.51. The third-order valence-electron chi connectivity index (χ3n) is 3.12. The van der Waals surface area contributed by atoms with Crippen LogP contribution in [-0.4, -0.2) is 12.6 Å². The molecule has 3 heteroatoms. The van der Waals surface area contributed by atoms with E-state index in [4.69, 9.17) is 5.73 Å². The average molecular weight is 222 g/mol. The van der Waals surface area contributed by atoms with Crippen LogP contribution in [0, 0.1) is 5.82 Å². The van der Waals surface area contributed by atoms with Crippen molar-refractivity contribution in [1.82, 2.24) is 0 Å². The summed E-state index contributed by atoms with van der Waals surface area (Å²) in [6.45, 7) is 4.99. The van der Waals surface area contributed by atoms with Gasteiger partial charge in [0.25, 0.3) is 0 Å². The lowest BCUT2D eigenvalue weighted by Crippen LogP contribution is -2.27. The Morgan fingerprint density at radius 1 is 1.50 bits per heavy atom. The minimum absolute atomic E-state index is 0.126. The van der Waals surface area contributed by atoms with Gasteiger partial charge in [-0.3, -0.25) is 0 Å². The number of halogens is 1. The van der Waals surface area contributed by atoms with Crippen LogP contribution in [0.1, 0.15) is 38.3 Å². The van der Waals surface area contributed by atoms with Crippen molar-refractivity contribution in [2.24, 2.45) is 5.73 Å². The lowest BCUT2D eigenvalue weighted by Gasteiger charge is -2.26. The molecule has 1 aromatic rings. The molecule has 1 fully saturated rings. The van der Waals surface area contributed by atoms with Gasteiger partial charge in [0, 0.05) is 24.3 Å². The van der Waals surface area contributed by atoms with Gasteiger partial charge in [-0.15, -0.1) is 0 Å². The molecule has 2 rings (SSSR count). The molecule has 1 aliphatic carbocycles. The third-order valence-corrected chi connectivity index (χ3v) is 3.12. The Morgan fingerprint density at radius 2 is 2.19 bits per heavy atom. The topological polar surface area (TPSA) is 29.3 Å². The average Bonchev–Trinajstić information content (AvgIpc) is 3.05. The fourth-order valence-electron chi connectivity index (χ4n) is 2.16. The highest BCUT2D eigenvalue weighted by Gasteiger charge is 2.29. The van der Waals surface area contributed by atoms with Crippen molar-refractivity contribution in [2.45, 2.75) is 38.8 Å². The summed E-state index contributed by atoms with van der Waals surface area (Å²) in [7, 11) is 0. The van der Waals surface area contributed by atoms with Crippen molar-refractivity contribution >= 4 is 5.69 Å². The molecule has 2 N–H and O–H groups in total. The number of rotatable bonds is 4. The highest BCUT2D eigenvalue weighted by molar-refractivity contribution is 5.56. The standard InChI is InChI=1S/C13H19FN2/c1-3-16(11-5-6-11)13-7-4-10(14)8-12(13)9(2)15/h4,7-9,11H,3,5-6,15H2,1-2H3/t9-/m1/s1. The maximum absolute atomic E-state index is 13.2. The highest BCUT2D eigenvalue weighted by Crippen LogP contribution is 2.35. The van der Waals surface area contributed by atoms with Crippen molar-refractivity contribution in [1.29, 1.82) is 0 Å². The van der Waals surface area contributed by atoms with Gasteiger partial charge >= 0.3 is 0 Å². The summed E-state index contributed by atoms with van der Waals surface area (Å²) in [6, 6.07) is 5.44. The summed E-state index contributed by atoms with van der Waals surface area (Å²) in [6.07, 6.45) is 2.48. The molecule has 0 spiro atoms. The molecular formula is C13H19FN2. The fourth-order valence-corrected chi connectivity index (χ4v) is 2.16. The maximum Gasteiger partial charge on any atom is 0.123 e. The molecule has 0 aliphatic heterocycles. The van der Waals surface area contributed by atoms with E-state index in [2.05, 4.69) is 11.8 Å². The first-order valence-electron chi connectivity index (χ1n) is 5.95. The van der Waals surface area contributed by atoms with E-state index in [1.165, 1.54) is 18.9 Å². The Labute approximate surface area is 96.2 Å². The van der Waals surface area contributed by atoms with Crippen LogP contribution in [0.3, 0.4) is 0 Å². The van der Waals surface area contributed by atoms with Crippen LogP contribution < -0.4 is 10.6 Å². The number of nitrogens with two attached hydrogens (primary N) is 1. The zero-order valence-electron chi connectivity index (χ0n) is 9.91. The van der Waals surface area contributed by atoms with E-state index in [0.29, 0.717) is 6.04 Å². The second kappa shape index (κ2) is 4.42. The number of anilines is 1. The molecule has 88 valence electrons. The maximum atomic E-state index is 13.2. The normalized spacial score (nSPS) is 17.2. The molecule has 0 amide bonds. The SMILES string of the molecule is CCN(c1ccc(F)cc1[C@@H](C)N)C1CC1. The van der Waals surface area contributed by atoms with Crippen LogP contribution >= 0.6 is 0 Å². The van der Waals surface area contributed by atoms with Crippen molar-refractivity contribution in [3.05, 3.63) is 29.6 Å². The van der Waals surface area contributed by atoms with E-state index in [1.807, 2.05) is 13.0 Å². The smallest absolute Gasteiger partial charge is 0.123 e. The Morgan fingerprint density at radius 3 is 2.69 bits per heavy atom. The van der Waals surface area contributed by atoms with Crippen LogP contribution in [0.5, 0.6) is 0 Å². The number of nitrogens with zero attached hydrogens (tertiary/aromatic N) is 1. The number of hydrogen-bond donors (Lipinski definition) is 1. The van der Waals surface area contributed by atoms with Crippen LogP contribution in [0.4, 0.5) is 10.1 Å². The van der Waals surface area contributed by atoms with E-state index in [9.17, 15) is 4.39 Å². The van der Waals surface area contributed by atoms with Crippen molar-refractivity contribution in [3.63, 3.8) is 0 Å². The summed E-state index contributed by atoms with van der Waals surface area (Å²) >= 11 is 0. The van der Waals surface area contributed by atoms with Gasteiger partial charge in [0.1, 0.15) is 5.82 Å². The fraction of sp³-hybridized carbons (Fsp3) is 0.538. The van der Waals surface area contributed by atoms with E-state index in [-0.39, 0.29) is 11.9 Å². The van der Waals surface area contributed by atoms with Crippen LogP contribution in [-0.2, 0) is 0 Å². The van der Waals surface area contributed by atoms with Gasteiger partial charge in [-0.1, -0.05) is 0 Å². The molecule has 16 heavy (non-hydrogen) atoms. The summed E-state index contributed by atoms with van der Waals surface area (Å²) in [5.41, 5.74) is 7.91. The molecule has 0 saturated heterocycles. The first-order valence-corrected chi connectivity index (χ1v) is 5.95. The lowest BCUT2D eigenvalue weighted by atomic mass is 10.1. The Balaban J connectivity index is 2.37. The zero-order valence-corrected chi connectivity index (χ0v) is 9.91. The quantitative estimate of drug-likeness (QED) is 0.848. The summed E-state index contributed by atoms with van der Waals surface area (Å²) in [4.78, 5) is 2.33. The van der Waals surface area contributed by atoms with Crippen molar-refractivity contribution in [2.75, 3.05) is 11.4 Å². The molecule has 1 aliphatic rings. The van der Waals surface area contributed by atoms with E-state index in [1.54, 1.807) is 6.07 Å². The van der Waals surface area contributed by atoms with Gasteiger partial charge in [0.2, 0.25) is 0 Å². The molecule has 0 heterocycles. The Kier molecular flexibility index (Phi) is 3.15. The van der Waals surface area contributed by atoms with Gasteiger partial charge in [-0.25, -0.2) is 4.39 Å². The molecule has 0 unspecified atom stereocenters. The predicted octanol–water partition coefficient (Wildman–Crippen LogP) is 2.83. The number of hydrogen-bond acceptors (Lipinski definition) is 2.